The number of rotatable bonds is 6. The summed E-state index contributed by atoms with van der Waals surface area (Å²) < 4.78 is 0. The van der Waals surface area contributed by atoms with Crippen molar-refractivity contribution in [3.05, 3.63) is 70.8 Å². The number of ketones is 1. The van der Waals surface area contributed by atoms with Crippen LogP contribution in [0.5, 0.6) is 0 Å². The summed E-state index contributed by atoms with van der Waals surface area (Å²) in [5.74, 6) is -0.0460. The van der Waals surface area contributed by atoms with E-state index in [1.165, 1.54) is 5.69 Å². The highest BCUT2D eigenvalue weighted by atomic mass is 35.5. The number of hydrogen-bond donors (Lipinski definition) is 0. The lowest BCUT2D eigenvalue weighted by molar-refractivity contribution is 0.104. The van der Waals surface area contributed by atoms with E-state index in [4.69, 9.17) is 11.6 Å². The molecule has 0 bridgehead atoms. The van der Waals surface area contributed by atoms with Crippen molar-refractivity contribution >= 4 is 29.1 Å². The van der Waals surface area contributed by atoms with Crippen LogP contribution in [0.4, 0.5) is 5.69 Å². The zero-order valence-electron chi connectivity index (χ0n) is 12.9. The van der Waals surface area contributed by atoms with Crippen molar-refractivity contribution in [1.82, 2.24) is 0 Å². The molecule has 0 saturated carbocycles. The fourth-order valence-corrected chi connectivity index (χ4v) is 2.49. The van der Waals surface area contributed by atoms with Gasteiger partial charge in [-0.1, -0.05) is 41.9 Å². The highest BCUT2D eigenvalue weighted by Crippen LogP contribution is 2.16. The first-order valence-corrected chi connectivity index (χ1v) is 7.84. The number of benzene rings is 2. The maximum atomic E-state index is 12.1. The van der Waals surface area contributed by atoms with Gasteiger partial charge in [0.15, 0.2) is 5.78 Å². The number of halogens is 1. The van der Waals surface area contributed by atoms with Crippen molar-refractivity contribution in [3.63, 3.8) is 0 Å². The van der Waals surface area contributed by atoms with Gasteiger partial charge in [0.2, 0.25) is 0 Å². The standard InChI is InChI=1S/C19H20ClNO/c1-3-21(4-2)18-11-8-15(9-12-18)10-13-19(22)16-6-5-7-17(20)14-16/h5-14H,3-4H2,1-2H3. The molecule has 22 heavy (non-hydrogen) atoms. The molecule has 0 aliphatic rings. The Balaban J connectivity index is 2.08. The van der Waals surface area contributed by atoms with Crippen molar-refractivity contribution in [2.45, 2.75) is 13.8 Å². The minimum Gasteiger partial charge on any atom is -0.372 e. The van der Waals surface area contributed by atoms with Crippen molar-refractivity contribution in [1.29, 1.82) is 0 Å². The molecule has 0 fully saturated rings. The van der Waals surface area contributed by atoms with Gasteiger partial charge in [-0.15, -0.1) is 0 Å². The third kappa shape index (κ3) is 4.22. The number of allylic oxidation sites excluding steroid dienone is 1. The SMILES string of the molecule is CCN(CC)c1ccc(C=CC(=O)c2cccc(Cl)c2)cc1. The third-order valence-corrected chi connectivity index (χ3v) is 3.79. The monoisotopic (exact) mass is 313 g/mol. The van der Waals surface area contributed by atoms with E-state index in [1.807, 2.05) is 18.2 Å². The average molecular weight is 314 g/mol. The number of anilines is 1. The third-order valence-electron chi connectivity index (χ3n) is 3.56. The molecule has 0 saturated heterocycles. The van der Waals surface area contributed by atoms with Crippen LogP contribution in [0.3, 0.4) is 0 Å². The number of hydrogen-bond acceptors (Lipinski definition) is 2. The summed E-state index contributed by atoms with van der Waals surface area (Å²) >= 11 is 5.90. The van der Waals surface area contributed by atoms with Gasteiger partial charge in [0.1, 0.15) is 0 Å². The molecule has 0 aliphatic heterocycles. The molecule has 0 aromatic heterocycles. The van der Waals surface area contributed by atoms with Crippen LogP contribution in [-0.4, -0.2) is 18.9 Å². The fourth-order valence-electron chi connectivity index (χ4n) is 2.29. The largest absolute Gasteiger partial charge is 0.372 e. The first kappa shape index (κ1) is 16.3. The Labute approximate surface area is 137 Å². The summed E-state index contributed by atoms with van der Waals surface area (Å²) in [5.41, 5.74) is 2.80. The van der Waals surface area contributed by atoms with E-state index in [0.717, 1.165) is 18.7 Å². The van der Waals surface area contributed by atoms with Crippen LogP contribution in [0.15, 0.2) is 54.6 Å². The summed E-state index contributed by atoms with van der Waals surface area (Å²) in [6.07, 6.45) is 3.41. The lowest BCUT2D eigenvalue weighted by Crippen LogP contribution is -2.21. The van der Waals surface area contributed by atoms with E-state index in [0.29, 0.717) is 10.6 Å². The number of carbonyl (C=O) groups excluding carboxylic acids is 1. The van der Waals surface area contributed by atoms with Crippen molar-refractivity contribution in [2.24, 2.45) is 0 Å². The highest BCUT2D eigenvalue weighted by molar-refractivity contribution is 6.31. The number of nitrogens with zero attached hydrogens (tertiary/aromatic N) is 1. The van der Waals surface area contributed by atoms with Crippen LogP contribution < -0.4 is 4.90 Å². The van der Waals surface area contributed by atoms with Gasteiger partial charge in [-0.05, 0) is 49.8 Å². The second-order valence-corrected chi connectivity index (χ2v) is 5.41. The molecule has 0 amide bonds. The molecule has 2 rings (SSSR count). The summed E-state index contributed by atoms with van der Waals surface area (Å²) in [4.78, 5) is 14.4. The first-order valence-electron chi connectivity index (χ1n) is 7.47. The van der Waals surface area contributed by atoms with Crippen molar-refractivity contribution in [3.8, 4) is 0 Å². The summed E-state index contributed by atoms with van der Waals surface area (Å²) in [7, 11) is 0. The van der Waals surface area contributed by atoms with Crippen LogP contribution in [-0.2, 0) is 0 Å². The zero-order chi connectivity index (χ0) is 15.9. The quantitative estimate of drug-likeness (QED) is 0.547. The second-order valence-electron chi connectivity index (χ2n) is 4.97. The van der Waals surface area contributed by atoms with Gasteiger partial charge in [0, 0.05) is 29.4 Å². The Hall–Kier alpha value is -2.06. The van der Waals surface area contributed by atoms with Crippen molar-refractivity contribution < 1.29 is 4.79 Å². The van der Waals surface area contributed by atoms with Gasteiger partial charge >= 0.3 is 0 Å². The second kappa shape index (κ2) is 7.81. The Morgan fingerprint density at radius 3 is 2.36 bits per heavy atom. The number of carbonyl (C=O) groups is 1. The maximum Gasteiger partial charge on any atom is 0.185 e. The predicted molar refractivity (Wildman–Crippen MR) is 94.8 cm³/mol. The van der Waals surface area contributed by atoms with E-state index in [2.05, 4.69) is 30.9 Å². The van der Waals surface area contributed by atoms with Crippen LogP contribution in [0.2, 0.25) is 5.02 Å². The lowest BCUT2D eigenvalue weighted by atomic mass is 10.1. The van der Waals surface area contributed by atoms with E-state index >= 15 is 0 Å². The Morgan fingerprint density at radius 1 is 1.09 bits per heavy atom. The molecule has 2 aromatic carbocycles. The summed E-state index contributed by atoms with van der Waals surface area (Å²) in [6.45, 7) is 6.25. The molecule has 0 N–H and O–H groups in total. The normalized spacial score (nSPS) is 10.9. The van der Waals surface area contributed by atoms with Gasteiger partial charge in [-0.3, -0.25) is 4.79 Å². The van der Waals surface area contributed by atoms with Crippen molar-refractivity contribution in [2.75, 3.05) is 18.0 Å². The van der Waals surface area contributed by atoms with Crippen LogP contribution >= 0.6 is 11.6 Å². The smallest absolute Gasteiger partial charge is 0.185 e. The molecule has 0 aliphatic carbocycles. The van der Waals surface area contributed by atoms with E-state index in [1.54, 1.807) is 30.3 Å². The highest BCUT2D eigenvalue weighted by Gasteiger charge is 2.03. The molecule has 0 unspecified atom stereocenters. The fraction of sp³-hybridized carbons (Fsp3) is 0.211. The van der Waals surface area contributed by atoms with Gasteiger partial charge in [0.25, 0.3) is 0 Å². The molecule has 0 radical (unpaired) electrons. The maximum absolute atomic E-state index is 12.1. The van der Waals surface area contributed by atoms with Gasteiger partial charge < -0.3 is 4.90 Å². The van der Waals surface area contributed by atoms with E-state index in [-0.39, 0.29) is 5.78 Å². The minimum absolute atomic E-state index is 0.0460. The molecule has 0 heterocycles. The predicted octanol–water partition coefficient (Wildman–Crippen LogP) is 5.08. The summed E-state index contributed by atoms with van der Waals surface area (Å²) in [6, 6.07) is 15.2. The molecule has 114 valence electrons. The molecule has 0 atom stereocenters. The summed E-state index contributed by atoms with van der Waals surface area (Å²) in [5, 5.41) is 0.572. The zero-order valence-corrected chi connectivity index (χ0v) is 13.7. The Morgan fingerprint density at radius 2 is 1.77 bits per heavy atom. The molecule has 2 nitrogen and oxygen atoms in total. The molecular weight excluding hydrogens is 294 g/mol. The lowest BCUT2D eigenvalue weighted by Gasteiger charge is -2.20. The van der Waals surface area contributed by atoms with E-state index < -0.39 is 0 Å². The minimum atomic E-state index is -0.0460. The average Bonchev–Trinajstić information content (AvgIpc) is 2.55. The molecule has 0 spiro atoms. The molecule has 2 aromatic rings. The van der Waals surface area contributed by atoms with Gasteiger partial charge in [-0.25, -0.2) is 0 Å². The topological polar surface area (TPSA) is 20.3 Å². The van der Waals surface area contributed by atoms with Crippen LogP contribution in [0.25, 0.3) is 6.08 Å². The van der Waals surface area contributed by atoms with Crippen LogP contribution in [0, 0.1) is 0 Å². The van der Waals surface area contributed by atoms with E-state index in [9.17, 15) is 4.79 Å². The Kier molecular flexibility index (Phi) is 5.79. The van der Waals surface area contributed by atoms with Gasteiger partial charge in [-0.2, -0.15) is 0 Å². The molecule has 3 heteroatoms. The van der Waals surface area contributed by atoms with Crippen LogP contribution in [0.1, 0.15) is 29.8 Å². The molecular formula is C19H20ClNO. The van der Waals surface area contributed by atoms with Gasteiger partial charge in [0.05, 0.1) is 0 Å². The first-order chi connectivity index (χ1) is 10.6. The Bertz CT molecular complexity index is 657.